The summed E-state index contributed by atoms with van der Waals surface area (Å²) < 4.78 is 14.0. The van der Waals surface area contributed by atoms with Gasteiger partial charge >= 0.3 is 0 Å². The van der Waals surface area contributed by atoms with Crippen LogP contribution in [-0.4, -0.2) is 36.8 Å². The van der Waals surface area contributed by atoms with Crippen LogP contribution in [0.5, 0.6) is 5.75 Å². The molecule has 2 aromatic heterocycles. The molecule has 4 aromatic rings. The number of imidazole rings is 1. The van der Waals surface area contributed by atoms with Crippen LogP contribution in [0.25, 0.3) is 26.4 Å². The van der Waals surface area contributed by atoms with E-state index in [2.05, 4.69) is 53.9 Å². The van der Waals surface area contributed by atoms with Crippen LogP contribution >= 0.6 is 11.3 Å². The lowest BCUT2D eigenvalue weighted by Gasteiger charge is -2.11. The number of aromatic nitrogens is 2. The Hall–Kier alpha value is -2.57. The average Bonchev–Trinajstić information content (AvgIpc) is 3.20. The Balaban J connectivity index is 1.88. The Morgan fingerprint density at radius 2 is 1.96 bits per heavy atom. The van der Waals surface area contributed by atoms with Crippen molar-refractivity contribution in [3.05, 3.63) is 47.5 Å². The first kappa shape index (κ1) is 18.8. The van der Waals surface area contributed by atoms with Gasteiger partial charge in [-0.1, -0.05) is 35.1 Å². The SMILES string of the molecule is COCCCNc1c(-c2ccc(C)cc2C)nc2sc3cc(OC)ccc3n12. The van der Waals surface area contributed by atoms with Crippen molar-refractivity contribution in [2.45, 2.75) is 20.3 Å². The lowest BCUT2D eigenvalue weighted by molar-refractivity contribution is 0.198. The minimum atomic E-state index is 0.732. The van der Waals surface area contributed by atoms with Crippen molar-refractivity contribution in [1.29, 1.82) is 0 Å². The topological polar surface area (TPSA) is 47.8 Å². The molecule has 0 fully saturated rings. The number of hydrogen-bond donors (Lipinski definition) is 1. The number of benzene rings is 2. The summed E-state index contributed by atoms with van der Waals surface area (Å²) in [5.74, 6) is 1.90. The van der Waals surface area contributed by atoms with Crippen molar-refractivity contribution >= 4 is 32.3 Å². The fourth-order valence-electron chi connectivity index (χ4n) is 3.53. The van der Waals surface area contributed by atoms with Gasteiger partial charge < -0.3 is 14.8 Å². The van der Waals surface area contributed by atoms with Gasteiger partial charge in [-0.2, -0.15) is 0 Å². The van der Waals surface area contributed by atoms with Gasteiger partial charge in [-0.05, 0) is 44.0 Å². The summed E-state index contributed by atoms with van der Waals surface area (Å²) in [6.07, 6.45) is 0.936. The van der Waals surface area contributed by atoms with E-state index in [1.807, 2.05) is 6.07 Å². The van der Waals surface area contributed by atoms with Gasteiger partial charge in [0.2, 0.25) is 0 Å². The van der Waals surface area contributed by atoms with E-state index in [0.717, 1.165) is 57.6 Å². The zero-order valence-electron chi connectivity index (χ0n) is 16.7. The Morgan fingerprint density at radius 3 is 2.71 bits per heavy atom. The largest absolute Gasteiger partial charge is 0.497 e. The van der Waals surface area contributed by atoms with Crippen molar-refractivity contribution in [1.82, 2.24) is 9.38 Å². The average molecular weight is 396 g/mol. The zero-order chi connectivity index (χ0) is 19.7. The van der Waals surface area contributed by atoms with Gasteiger partial charge in [-0.15, -0.1) is 0 Å². The van der Waals surface area contributed by atoms with E-state index >= 15 is 0 Å². The second kappa shape index (κ2) is 7.81. The number of rotatable bonds is 7. The first-order valence-corrected chi connectivity index (χ1v) is 10.2. The highest BCUT2D eigenvalue weighted by molar-refractivity contribution is 7.23. The normalized spacial score (nSPS) is 11.4. The van der Waals surface area contributed by atoms with Gasteiger partial charge in [0.05, 0.1) is 17.3 Å². The molecule has 146 valence electrons. The minimum Gasteiger partial charge on any atom is -0.497 e. The molecule has 0 aliphatic carbocycles. The van der Waals surface area contributed by atoms with E-state index < -0.39 is 0 Å². The molecule has 0 amide bonds. The molecule has 6 heteroatoms. The van der Waals surface area contributed by atoms with Crippen LogP contribution in [0.1, 0.15) is 17.5 Å². The molecule has 0 unspecified atom stereocenters. The molecular formula is C22H25N3O2S. The second-order valence-electron chi connectivity index (χ2n) is 6.95. The van der Waals surface area contributed by atoms with Crippen LogP contribution in [0.4, 0.5) is 5.82 Å². The van der Waals surface area contributed by atoms with E-state index in [1.54, 1.807) is 25.6 Å². The van der Waals surface area contributed by atoms with E-state index in [4.69, 9.17) is 14.5 Å². The molecule has 2 aromatic carbocycles. The molecule has 0 atom stereocenters. The number of methoxy groups -OCH3 is 2. The number of hydrogen-bond acceptors (Lipinski definition) is 5. The van der Waals surface area contributed by atoms with Crippen molar-refractivity contribution < 1.29 is 9.47 Å². The van der Waals surface area contributed by atoms with Crippen molar-refractivity contribution in [2.24, 2.45) is 0 Å². The third-order valence-corrected chi connectivity index (χ3v) is 5.91. The number of nitrogens with zero attached hydrogens (tertiary/aromatic N) is 2. The first-order valence-electron chi connectivity index (χ1n) is 9.42. The molecule has 0 aliphatic heterocycles. The number of aryl methyl sites for hydroxylation is 2. The number of fused-ring (bicyclic) bond motifs is 3. The lowest BCUT2D eigenvalue weighted by atomic mass is 10.0. The summed E-state index contributed by atoms with van der Waals surface area (Å²) in [6, 6.07) is 12.7. The number of nitrogens with one attached hydrogen (secondary N) is 1. The number of anilines is 1. The summed E-state index contributed by atoms with van der Waals surface area (Å²) in [7, 11) is 3.43. The quantitative estimate of drug-likeness (QED) is 0.432. The number of ether oxygens (including phenoxy) is 2. The van der Waals surface area contributed by atoms with Gasteiger partial charge in [-0.3, -0.25) is 4.40 Å². The van der Waals surface area contributed by atoms with Crippen LogP contribution in [0.2, 0.25) is 0 Å². The molecule has 1 N–H and O–H groups in total. The third-order valence-electron chi connectivity index (χ3n) is 4.91. The Morgan fingerprint density at radius 1 is 1.11 bits per heavy atom. The maximum absolute atomic E-state index is 5.38. The fraction of sp³-hybridized carbons (Fsp3) is 0.318. The fourth-order valence-corrected chi connectivity index (χ4v) is 4.59. The molecule has 28 heavy (non-hydrogen) atoms. The van der Waals surface area contributed by atoms with Gasteiger partial charge in [0.25, 0.3) is 0 Å². The van der Waals surface area contributed by atoms with E-state index in [-0.39, 0.29) is 0 Å². The number of thiazole rings is 1. The highest BCUT2D eigenvalue weighted by Gasteiger charge is 2.19. The second-order valence-corrected chi connectivity index (χ2v) is 7.96. The van der Waals surface area contributed by atoms with Crippen LogP contribution in [-0.2, 0) is 4.74 Å². The van der Waals surface area contributed by atoms with E-state index in [1.165, 1.54) is 11.1 Å². The van der Waals surface area contributed by atoms with Crippen LogP contribution in [0.3, 0.4) is 0 Å². The highest BCUT2D eigenvalue weighted by atomic mass is 32.1. The van der Waals surface area contributed by atoms with E-state index in [0.29, 0.717) is 0 Å². The first-order chi connectivity index (χ1) is 13.6. The summed E-state index contributed by atoms with van der Waals surface area (Å²) >= 11 is 1.68. The molecule has 0 radical (unpaired) electrons. The predicted molar refractivity (Wildman–Crippen MR) is 117 cm³/mol. The maximum atomic E-state index is 5.38. The van der Waals surface area contributed by atoms with Crippen molar-refractivity contribution in [3.63, 3.8) is 0 Å². The highest BCUT2D eigenvalue weighted by Crippen LogP contribution is 2.38. The van der Waals surface area contributed by atoms with Crippen LogP contribution < -0.4 is 10.1 Å². The molecule has 0 saturated carbocycles. The van der Waals surface area contributed by atoms with Gasteiger partial charge in [0, 0.05) is 25.8 Å². The molecular weight excluding hydrogens is 370 g/mol. The van der Waals surface area contributed by atoms with Gasteiger partial charge in [-0.25, -0.2) is 4.98 Å². The monoisotopic (exact) mass is 395 g/mol. The smallest absolute Gasteiger partial charge is 0.197 e. The van der Waals surface area contributed by atoms with Crippen LogP contribution in [0.15, 0.2) is 36.4 Å². The lowest BCUT2D eigenvalue weighted by Crippen LogP contribution is -2.07. The molecule has 5 nitrogen and oxygen atoms in total. The summed E-state index contributed by atoms with van der Waals surface area (Å²) in [5.41, 5.74) is 5.79. The van der Waals surface area contributed by atoms with Crippen molar-refractivity contribution in [3.8, 4) is 17.0 Å². The molecule has 4 rings (SSSR count). The molecule has 0 spiro atoms. The van der Waals surface area contributed by atoms with Crippen LogP contribution in [0, 0.1) is 13.8 Å². The predicted octanol–water partition coefficient (Wildman–Crippen LogP) is 5.29. The molecule has 0 saturated heterocycles. The molecule has 2 heterocycles. The van der Waals surface area contributed by atoms with Gasteiger partial charge in [0.1, 0.15) is 17.3 Å². The summed E-state index contributed by atoms with van der Waals surface area (Å²) in [5, 5.41) is 3.61. The van der Waals surface area contributed by atoms with Gasteiger partial charge in [0.15, 0.2) is 4.96 Å². The maximum Gasteiger partial charge on any atom is 0.197 e. The molecule has 0 aliphatic rings. The Kier molecular flexibility index (Phi) is 5.24. The third kappa shape index (κ3) is 3.34. The standard InChI is InChI=1S/C22H25N3O2S/c1-14-6-8-17(15(2)12-14)20-21(23-10-5-11-26-3)25-18-9-7-16(27-4)13-19(18)28-22(25)24-20/h6-9,12-13,23H,5,10-11H2,1-4H3. The molecule has 0 bridgehead atoms. The van der Waals surface area contributed by atoms with E-state index in [9.17, 15) is 0 Å². The van der Waals surface area contributed by atoms with Crippen molar-refractivity contribution in [2.75, 3.05) is 32.7 Å². The Labute approximate surface area is 168 Å². The summed E-state index contributed by atoms with van der Waals surface area (Å²) in [6.45, 7) is 5.82. The zero-order valence-corrected chi connectivity index (χ0v) is 17.5. The Bertz CT molecular complexity index is 1130. The summed E-state index contributed by atoms with van der Waals surface area (Å²) in [4.78, 5) is 5.99. The minimum absolute atomic E-state index is 0.732.